The van der Waals surface area contributed by atoms with Crippen LogP contribution in [0.5, 0.6) is 0 Å². The van der Waals surface area contributed by atoms with Gasteiger partial charge in [-0.2, -0.15) is 0 Å². The molecular weight excluding hydrogens is 216 g/mol. The summed E-state index contributed by atoms with van der Waals surface area (Å²) >= 11 is 0. The standard InChI is InChI=1S/C14H26O3/c1-9(2)13(5,6)11(15)17-12(16)14(7,8)10(3)4/h9-10H,1-8H3. The van der Waals surface area contributed by atoms with Crippen molar-refractivity contribution in [1.82, 2.24) is 0 Å². The summed E-state index contributed by atoms with van der Waals surface area (Å²) in [6, 6.07) is 0. The van der Waals surface area contributed by atoms with Crippen LogP contribution in [0, 0.1) is 22.7 Å². The van der Waals surface area contributed by atoms with E-state index in [2.05, 4.69) is 0 Å². The molecule has 100 valence electrons. The Morgan fingerprint density at radius 3 is 1.18 bits per heavy atom. The zero-order valence-corrected chi connectivity index (χ0v) is 12.4. The number of hydrogen-bond donors (Lipinski definition) is 0. The molecule has 0 radical (unpaired) electrons. The van der Waals surface area contributed by atoms with E-state index in [1.54, 1.807) is 27.7 Å². The summed E-state index contributed by atoms with van der Waals surface area (Å²) in [4.78, 5) is 23.9. The van der Waals surface area contributed by atoms with E-state index in [0.717, 1.165) is 0 Å². The van der Waals surface area contributed by atoms with Gasteiger partial charge in [0.2, 0.25) is 0 Å². The molecule has 0 aliphatic rings. The molecule has 0 aliphatic carbocycles. The van der Waals surface area contributed by atoms with Gasteiger partial charge >= 0.3 is 11.9 Å². The van der Waals surface area contributed by atoms with Gasteiger partial charge in [0, 0.05) is 0 Å². The normalized spacial score (nSPS) is 13.1. The molecule has 0 heterocycles. The molecule has 0 atom stereocenters. The minimum Gasteiger partial charge on any atom is -0.392 e. The summed E-state index contributed by atoms with van der Waals surface area (Å²) < 4.78 is 5.02. The van der Waals surface area contributed by atoms with Gasteiger partial charge in [-0.1, -0.05) is 27.7 Å². The average molecular weight is 242 g/mol. The molecule has 0 rings (SSSR count). The lowest BCUT2D eigenvalue weighted by atomic mass is 9.80. The van der Waals surface area contributed by atoms with Gasteiger partial charge < -0.3 is 4.74 Å². The highest BCUT2D eigenvalue weighted by atomic mass is 16.6. The molecule has 0 fully saturated rings. The Morgan fingerprint density at radius 2 is 1.00 bits per heavy atom. The van der Waals surface area contributed by atoms with E-state index < -0.39 is 22.8 Å². The second-order valence-corrected chi connectivity index (χ2v) is 6.43. The van der Waals surface area contributed by atoms with Gasteiger partial charge in [0.05, 0.1) is 10.8 Å². The van der Waals surface area contributed by atoms with Crippen molar-refractivity contribution in [2.75, 3.05) is 0 Å². The minimum atomic E-state index is -0.636. The molecule has 0 aromatic rings. The van der Waals surface area contributed by atoms with Crippen LogP contribution in [0.1, 0.15) is 55.4 Å². The van der Waals surface area contributed by atoms with Gasteiger partial charge in [-0.25, -0.2) is 0 Å². The van der Waals surface area contributed by atoms with E-state index in [-0.39, 0.29) is 11.8 Å². The first kappa shape index (κ1) is 16.1. The Kier molecular flexibility index (Phi) is 4.93. The van der Waals surface area contributed by atoms with E-state index in [0.29, 0.717) is 0 Å². The number of hydrogen-bond acceptors (Lipinski definition) is 3. The quantitative estimate of drug-likeness (QED) is 0.560. The number of ether oxygens (including phenoxy) is 1. The van der Waals surface area contributed by atoms with E-state index in [4.69, 9.17) is 4.74 Å². The van der Waals surface area contributed by atoms with Crippen molar-refractivity contribution in [3.63, 3.8) is 0 Å². The number of carbonyl (C=O) groups is 2. The van der Waals surface area contributed by atoms with Crippen LogP contribution in [0.2, 0.25) is 0 Å². The van der Waals surface area contributed by atoms with Crippen molar-refractivity contribution in [1.29, 1.82) is 0 Å². The van der Waals surface area contributed by atoms with E-state index in [9.17, 15) is 9.59 Å². The van der Waals surface area contributed by atoms with E-state index >= 15 is 0 Å². The van der Waals surface area contributed by atoms with Crippen molar-refractivity contribution >= 4 is 11.9 Å². The lowest BCUT2D eigenvalue weighted by Crippen LogP contribution is -2.39. The molecular formula is C14H26O3. The largest absolute Gasteiger partial charge is 0.392 e. The third-order valence-corrected chi connectivity index (χ3v) is 4.12. The van der Waals surface area contributed by atoms with Gasteiger partial charge in [0.25, 0.3) is 0 Å². The fourth-order valence-electron chi connectivity index (χ4n) is 0.819. The van der Waals surface area contributed by atoms with Gasteiger partial charge in [0.15, 0.2) is 0 Å². The zero-order valence-electron chi connectivity index (χ0n) is 12.4. The molecule has 0 aromatic heterocycles. The minimum absolute atomic E-state index is 0.130. The van der Waals surface area contributed by atoms with E-state index in [1.807, 2.05) is 27.7 Å². The fourth-order valence-corrected chi connectivity index (χ4v) is 0.819. The fraction of sp³-hybridized carbons (Fsp3) is 0.857. The Balaban J connectivity index is 4.78. The SMILES string of the molecule is CC(C)C(C)(C)C(=O)OC(=O)C(C)(C)C(C)C. The molecule has 3 heteroatoms. The first-order chi connectivity index (χ1) is 7.44. The molecule has 0 amide bonds. The molecule has 17 heavy (non-hydrogen) atoms. The van der Waals surface area contributed by atoms with E-state index in [1.165, 1.54) is 0 Å². The summed E-state index contributed by atoms with van der Waals surface area (Å²) in [5.41, 5.74) is -1.27. The van der Waals surface area contributed by atoms with Crippen molar-refractivity contribution in [3.8, 4) is 0 Å². The highest BCUT2D eigenvalue weighted by molar-refractivity contribution is 5.91. The van der Waals surface area contributed by atoms with Crippen molar-refractivity contribution in [3.05, 3.63) is 0 Å². The topological polar surface area (TPSA) is 43.4 Å². The summed E-state index contributed by atoms with van der Waals surface area (Å²) in [6.07, 6.45) is 0. The average Bonchev–Trinajstić information content (AvgIpc) is 2.16. The highest BCUT2D eigenvalue weighted by Gasteiger charge is 2.39. The third-order valence-electron chi connectivity index (χ3n) is 4.12. The number of esters is 2. The molecule has 0 spiro atoms. The maximum absolute atomic E-state index is 11.9. The summed E-state index contributed by atoms with van der Waals surface area (Å²) in [5.74, 6) is -0.618. The number of carbonyl (C=O) groups excluding carboxylic acids is 2. The van der Waals surface area contributed by atoms with Crippen LogP contribution in [0.4, 0.5) is 0 Å². The molecule has 0 N–H and O–H groups in total. The smallest absolute Gasteiger partial charge is 0.319 e. The van der Waals surface area contributed by atoms with Gasteiger partial charge in [-0.3, -0.25) is 9.59 Å². The third kappa shape index (κ3) is 3.55. The number of rotatable bonds is 4. The van der Waals surface area contributed by atoms with Gasteiger partial charge in [-0.15, -0.1) is 0 Å². The molecule has 0 bridgehead atoms. The maximum Gasteiger partial charge on any atom is 0.319 e. The highest BCUT2D eigenvalue weighted by Crippen LogP contribution is 2.31. The maximum atomic E-state index is 11.9. The van der Waals surface area contributed by atoms with Crippen LogP contribution in [0.25, 0.3) is 0 Å². The molecule has 0 aromatic carbocycles. The molecule has 0 aliphatic heterocycles. The second-order valence-electron chi connectivity index (χ2n) is 6.43. The predicted octanol–water partition coefficient (Wildman–Crippen LogP) is 3.42. The lowest BCUT2D eigenvalue weighted by molar-refractivity contribution is -0.175. The van der Waals surface area contributed by atoms with Crippen LogP contribution in [-0.4, -0.2) is 11.9 Å². The van der Waals surface area contributed by atoms with Crippen LogP contribution in [-0.2, 0) is 14.3 Å². The summed E-state index contributed by atoms with van der Waals surface area (Å²) in [7, 11) is 0. The van der Waals surface area contributed by atoms with Crippen molar-refractivity contribution < 1.29 is 14.3 Å². The van der Waals surface area contributed by atoms with Crippen molar-refractivity contribution in [2.24, 2.45) is 22.7 Å². The van der Waals surface area contributed by atoms with Crippen LogP contribution in [0.3, 0.4) is 0 Å². The predicted molar refractivity (Wildman–Crippen MR) is 68.3 cm³/mol. The lowest BCUT2D eigenvalue weighted by Gasteiger charge is -2.30. The Morgan fingerprint density at radius 1 is 0.765 bits per heavy atom. The first-order valence-corrected chi connectivity index (χ1v) is 6.20. The van der Waals surface area contributed by atoms with Gasteiger partial charge in [0.1, 0.15) is 0 Å². The Labute approximate surface area is 105 Å². The van der Waals surface area contributed by atoms with Gasteiger partial charge in [-0.05, 0) is 39.5 Å². The van der Waals surface area contributed by atoms with Crippen molar-refractivity contribution in [2.45, 2.75) is 55.4 Å². The molecule has 0 saturated heterocycles. The van der Waals surface area contributed by atoms with Crippen LogP contribution >= 0.6 is 0 Å². The Hall–Kier alpha value is -0.860. The monoisotopic (exact) mass is 242 g/mol. The first-order valence-electron chi connectivity index (χ1n) is 6.20. The van der Waals surface area contributed by atoms with Crippen LogP contribution < -0.4 is 0 Å². The molecule has 0 unspecified atom stereocenters. The molecule has 3 nitrogen and oxygen atoms in total. The zero-order chi connectivity index (χ0) is 14.0. The summed E-state index contributed by atoms with van der Waals surface area (Å²) in [5, 5.41) is 0. The second kappa shape index (κ2) is 5.19. The summed E-state index contributed by atoms with van der Waals surface area (Å²) in [6.45, 7) is 15.0. The Bertz CT molecular complexity index is 269. The van der Waals surface area contributed by atoms with Crippen LogP contribution in [0.15, 0.2) is 0 Å². The molecule has 0 saturated carbocycles.